The third-order valence-electron chi connectivity index (χ3n) is 5.55. The van der Waals surface area contributed by atoms with Crippen LogP contribution in [0.25, 0.3) is 11.3 Å². The smallest absolute Gasteiger partial charge is 0.274 e. The van der Waals surface area contributed by atoms with Crippen LogP contribution in [0.2, 0.25) is 10.0 Å². The Labute approximate surface area is 239 Å². The second kappa shape index (κ2) is 12.9. The first kappa shape index (κ1) is 29.0. The summed E-state index contributed by atoms with van der Waals surface area (Å²) in [5, 5.41) is 11.6. The molecule has 2 amide bonds. The van der Waals surface area contributed by atoms with Crippen molar-refractivity contribution in [2.75, 3.05) is 18.5 Å². The Balaban J connectivity index is 1.44. The first-order valence-electron chi connectivity index (χ1n) is 11.7. The van der Waals surface area contributed by atoms with E-state index in [1.165, 1.54) is 47.9 Å². The summed E-state index contributed by atoms with van der Waals surface area (Å²) in [5.74, 6) is -0.908. The molecule has 4 N–H and O–H groups in total. The minimum absolute atomic E-state index is 0.0323. The fourth-order valence-corrected chi connectivity index (χ4v) is 5.43. The molecule has 10 nitrogen and oxygen atoms in total. The third-order valence-corrected chi connectivity index (χ3v) is 7.81. The molecular formula is C27H22Cl2N4O6S. The molecule has 3 aromatic carbocycles. The van der Waals surface area contributed by atoms with E-state index < -0.39 is 21.8 Å². The molecule has 13 heteroatoms. The molecule has 0 unspecified atom stereocenters. The Morgan fingerprint density at radius 2 is 1.70 bits per heavy atom. The molecule has 40 heavy (non-hydrogen) atoms. The van der Waals surface area contributed by atoms with Crippen LogP contribution in [-0.4, -0.2) is 43.6 Å². The van der Waals surface area contributed by atoms with Crippen LogP contribution in [0, 0.1) is 0 Å². The van der Waals surface area contributed by atoms with Gasteiger partial charge in [-0.15, -0.1) is 0 Å². The SMILES string of the molecule is O=C(NO)c1ccc(OCCNS(=O)(=O)c2cccc(C(=O)Nc3ccc(Cl)cc3-c3ccccn3)c2Cl)cc1. The summed E-state index contributed by atoms with van der Waals surface area (Å²) in [4.78, 5) is 28.6. The Bertz CT molecular complexity index is 1640. The average molecular weight is 601 g/mol. The molecule has 0 saturated heterocycles. The van der Waals surface area contributed by atoms with Crippen molar-refractivity contribution in [2.45, 2.75) is 4.90 Å². The first-order chi connectivity index (χ1) is 19.2. The molecule has 0 spiro atoms. The van der Waals surface area contributed by atoms with E-state index in [1.807, 2.05) is 0 Å². The number of rotatable bonds is 10. The minimum Gasteiger partial charge on any atom is -0.492 e. The minimum atomic E-state index is -4.10. The number of aromatic nitrogens is 1. The summed E-state index contributed by atoms with van der Waals surface area (Å²) >= 11 is 12.6. The maximum absolute atomic E-state index is 13.2. The number of pyridine rings is 1. The number of nitrogens with one attached hydrogen (secondary N) is 3. The molecule has 0 fully saturated rings. The monoisotopic (exact) mass is 600 g/mol. The second-order valence-corrected chi connectivity index (χ2v) is 10.7. The number of ether oxygens (including phenoxy) is 1. The van der Waals surface area contributed by atoms with Crippen molar-refractivity contribution in [1.29, 1.82) is 0 Å². The molecule has 0 bridgehead atoms. The number of anilines is 1. The van der Waals surface area contributed by atoms with Gasteiger partial charge < -0.3 is 10.1 Å². The zero-order valence-corrected chi connectivity index (χ0v) is 22.9. The van der Waals surface area contributed by atoms with Gasteiger partial charge >= 0.3 is 0 Å². The first-order valence-corrected chi connectivity index (χ1v) is 13.9. The summed E-state index contributed by atoms with van der Waals surface area (Å²) in [6.07, 6.45) is 1.61. The fraction of sp³-hybridized carbons (Fsp3) is 0.0741. The van der Waals surface area contributed by atoms with E-state index in [9.17, 15) is 18.0 Å². The van der Waals surface area contributed by atoms with Crippen LogP contribution in [0.4, 0.5) is 5.69 Å². The highest BCUT2D eigenvalue weighted by atomic mass is 35.5. The molecule has 4 aromatic rings. The number of carbonyl (C=O) groups is 2. The normalized spacial score (nSPS) is 11.1. The van der Waals surface area contributed by atoms with E-state index in [2.05, 4.69) is 15.0 Å². The summed E-state index contributed by atoms with van der Waals surface area (Å²) < 4.78 is 33.8. The van der Waals surface area contributed by atoms with Crippen LogP contribution in [0.5, 0.6) is 5.75 Å². The van der Waals surface area contributed by atoms with Crippen molar-refractivity contribution in [3.63, 3.8) is 0 Å². The maximum Gasteiger partial charge on any atom is 0.274 e. The highest BCUT2D eigenvalue weighted by molar-refractivity contribution is 7.89. The predicted molar refractivity (Wildman–Crippen MR) is 150 cm³/mol. The van der Waals surface area contributed by atoms with Gasteiger partial charge in [-0.2, -0.15) is 0 Å². The number of halogens is 2. The van der Waals surface area contributed by atoms with Gasteiger partial charge in [-0.1, -0.05) is 35.3 Å². The average Bonchev–Trinajstić information content (AvgIpc) is 2.96. The summed E-state index contributed by atoms with van der Waals surface area (Å²) in [6.45, 7) is -0.137. The topological polar surface area (TPSA) is 147 Å². The molecule has 0 saturated carbocycles. The molecule has 0 aliphatic carbocycles. The van der Waals surface area contributed by atoms with E-state index in [0.29, 0.717) is 27.7 Å². The van der Waals surface area contributed by atoms with Crippen LogP contribution < -0.4 is 20.3 Å². The van der Waals surface area contributed by atoms with E-state index >= 15 is 0 Å². The number of benzene rings is 3. The van der Waals surface area contributed by atoms with E-state index in [4.69, 9.17) is 33.1 Å². The van der Waals surface area contributed by atoms with Gasteiger partial charge in [0.25, 0.3) is 11.8 Å². The molecule has 206 valence electrons. The number of carbonyl (C=O) groups excluding carboxylic acids is 2. The Morgan fingerprint density at radius 1 is 0.925 bits per heavy atom. The molecule has 0 atom stereocenters. The van der Waals surface area contributed by atoms with Gasteiger partial charge in [0.2, 0.25) is 10.0 Å². The number of nitrogens with zero attached hydrogens (tertiary/aromatic N) is 1. The van der Waals surface area contributed by atoms with E-state index in [0.717, 1.165) is 0 Å². The van der Waals surface area contributed by atoms with Crippen LogP contribution in [-0.2, 0) is 10.0 Å². The highest BCUT2D eigenvalue weighted by Crippen LogP contribution is 2.31. The molecule has 1 heterocycles. The lowest BCUT2D eigenvalue weighted by Crippen LogP contribution is -2.29. The third kappa shape index (κ3) is 6.95. The van der Waals surface area contributed by atoms with Gasteiger partial charge in [-0.25, -0.2) is 18.6 Å². The molecule has 0 aliphatic heterocycles. The lowest BCUT2D eigenvalue weighted by Gasteiger charge is -2.14. The standard InChI is InChI=1S/C27H22Cl2N4O6S/c28-18-9-12-23(21(16-18)22-5-1-2-13-30-22)32-27(35)20-4-3-6-24(25(20)29)40(37,38)31-14-15-39-19-10-7-17(8-11-19)26(34)33-36/h1-13,16,31,36H,14-15H2,(H,32,35)(H,33,34). The largest absolute Gasteiger partial charge is 0.492 e. The number of sulfonamides is 1. The molecular weight excluding hydrogens is 579 g/mol. The van der Waals surface area contributed by atoms with E-state index in [1.54, 1.807) is 42.6 Å². The molecule has 1 aromatic heterocycles. The Hall–Kier alpha value is -4.00. The molecule has 0 aliphatic rings. The Morgan fingerprint density at radius 3 is 2.40 bits per heavy atom. The predicted octanol–water partition coefficient (Wildman–Crippen LogP) is 4.78. The summed E-state index contributed by atoms with van der Waals surface area (Å²) in [5.41, 5.74) is 3.27. The van der Waals surface area contributed by atoms with Gasteiger partial charge in [-0.3, -0.25) is 19.8 Å². The van der Waals surface area contributed by atoms with Crippen molar-refractivity contribution in [3.8, 4) is 17.0 Å². The van der Waals surface area contributed by atoms with Gasteiger partial charge in [0.15, 0.2) is 0 Å². The van der Waals surface area contributed by atoms with Gasteiger partial charge in [-0.05, 0) is 66.7 Å². The van der Waals surface area contributed by atoms with Crippen molar-refractivity contribution in [3.05, 3.63) is 106 Å². The van der Waals surface area contributed by atoms with Gasteiger partial charge in [0.05, 0.1) is 22.0 Å². The lowest BCUT2D eigenvalue weighted by atomic mass is 10.1. The van der Waals surface area contributed by atoms with Crippen LogP contribution >= 0.6 is 23.2 Å². The van der Waals surface area contributed by atoms with Gasteiger partial charge in [0.1, 0.15) is 17.3 Å². The summed E-state index contributed by atoms with van der Waals surface area (Å²) in [7, 11) is -4.10. The quantitative estimate of drug-likeness (QED) is 0.116. The van der Waals surface area contributed by atoms with Crippen molar-refractivity contribution < 1.29 is 28.0 Å². The number of amides is 2. The van der Waals surface area contributed by atoms with Crippen molar-refractivity contribution in [2.24, 2.45) is 0 Å². The highest BCUT2D eigenvalue weighted by Gasteiger charge is 2.23. The number of hydroxylamine groups is 1. The maximum atomic E-state index is 13.2. The van der Waals surface area contributed by atoms with Gasteiger partial charge in [0, 0.05) is 28.9 Å². The number of hydrogen-bond acceptors (Lipinski definition) is 7. The van der Waals surface area contributed by atoms with Crippen molar-refractivity contribution in [1.82, 2.24) is 15.2 Å². The zero-order valence-electron chi connectivity index (χ0n) is 20.6. The number of hydrogen-bond donors (Lipinski definition) is 4. The molecule has 4 rings (SSSR count). The zero-order chi connectivity index (χ0) is 28.7. The fourth-order valence-electron chi connectivity index (χ4n) is 3.63. The summed E-state index contributed by atoms with van der Waals surface area (Å²) in [6, 6.07) is 20.2. The molecule has 0 radical (unpaired) electrons. The van der Waals surface area contributed by atoms with Crippen LogP contribution in [0.1, 0.15) is 20.7 Å². The lowest BCUT2D eigenvalue weighted by molar-refractivity contribution is 0.0706. The van der Waals surface area contributed by atoms with E-state index in [-0.39, 0.29) is 34.2 Å². The second-order valence-electron chi connectivity index (χ2n) is 8.19. The van der Waals surface area contributed by atoms with Crippen LogP contribution in [0.3, 0.4) is 0 Å². The Kier molecular flexibility index (Phi) is 9.35. The van der Waals surface area contributed by atoms with Crippen molar-refractivity contribution >= 4 is 50.7 Å². The van der Waals surface area contributed by atoms with Crippen LogP contribution in [0.15, 0.2) is 90.0 Å².